The first-order valence-corrected chi connectivity index (χ1v) is 12.6. The standard InChI is InChI=1S/C24H32N3O4P/c1-23(2,3)17-13-16(11-12-21(28)24(4,5)31-15-32(6)30)14-20(22(17)29)27-25-18-9-7-8-10-19(18)26-27/h7-10,13-14,29-30H,11-12,15H2,1-6H3. The average Bonchev–Trinajstić information content (AvgIpc) is 3.14. The number of nitrogens with zero attached hydrogens (tertiary/aromatic N) is 3. The summed E-state index contributed by atoms with van der Waals surface area (Å²) in [7, 11) is -1.22. The van der Waals surface area contributed by atoms with E-state index in [1.54, 1.807) is 20.5 Å². The Morgan fingerprint density at radius 2 is 1.69 bits per heavy atom. The number of hydrogen-bond donors (Lipinski definition) is 2. The Hall–Kier alpha value is -2.34. The number of ether oxygens (including phenoxy) is 1. The molecular weight excluding hydrogens is 425 g/mol. The molecule has 0 aliphatic heterocycles. The van der Waals surface area contributed by atoms with Gasteiger partial charge in [0.25, 0.3) is 0 Å². The van der Waals surface area contributed by atoms with Crippen molar-refractivity contribution in [3.63, 3.8) is 0 Å². The molecule has 1 heterocycles. The summed E-state index contributed by atoms with van der Waals surface area (Å²) in [5.41, 5.74) is 2.37. The second kappa shape index (κ2) is 9.26. The molecule has 0 bridgehead atoms. The molecule has 0 spiro atoms. The van der Waals surface area contributed by atoms with Crippen LogP contribution in [0, 0.1) is 0 Å². The molecule has 2 aromatic carbocycles. The zero-order valence-corrected chi connectivity index (χ0v) is 20.5. The van der Waals surface area contributed by atoms with Gasteiger partial charge in [-0.05, 0) is 56.1 Å². The van der Waals surface area contributed by atoms with Gasteiger partial charge in [-0.2, -0.15) is 0 Å². The summed E-state index contributed by atoms with van der Waals surface area (Å²) in [5, 5.41) is 20.1. The van der Waals surface area contributed by atoms with Crippen LogP contribution in [0.2, 0.25) is 0 Å². The van der Waals surface area contributed by atoms with E-state index in [9.17, 15) is 14.8 Å². The molecule has 0 radical (unpaired) electrons. The molecule has 1 aromatic heterocycles. The first kappa shape index (κ1) is 24.3. The number of aromatic hydroxyl groups is 1. The largest absolute Gasteiger partial charge is 0.505 e. The third-order valence-electron chi connectivity index (χ3n) is 5.38. The van der Waals surface area contributed by atoms with Crippen LogP contribution in [0.1, 0.15) is 52.2 Å². The monoisotopic (exact) mass is 457 g/mol. The SMILES string of the molecule is CP(O)COC(C)(C)C(=O)CCc1cc(-n2nc3ccccc3n2)c(O)c(C(C)(C)C)c1. The van der Waals surface area contributed by atoms with Crippen molar-refractivity contribution in [2.24, 2.45) is 0 Å². The highest BCUT2D eigenvalue weighted by Gasteiger charge is 2.29. The van der Waals surface area contributed by atoms with Gasteiger partial charge in [-0.25, -0.2) is 0 Å². The van der Waals surface area contributed by atoms with Crippen LogP contribution < -0.4 is 0 Å². The summed E-state index contributed by atoms with van der Waals surface area (Å²) < 4.78 is 5.63. The first-order chi connectivity index (χ1) is 14.9. The molecule has 3 aromatic rings. The second-order valence-corrected chi connectivity index (χ2v) is 11.2. The summed E-state index contributed by atoms with van der Waals surface area (Å²) in [5.74, 6) is 0.0972. The van der Waals surface area contributed by atoms with E-state index in [2.05, 4.69) is 10.2 Å². The number of aryl methyl sites for hydroxylation is 1. The van der Waals surface area contributed by atoms with Gasteiger partial charge < -0.3 is 14.7 Å². The molecule has 32 heavy (non-hydrogen) atoms. The molecule has 7 nitrogen and oxygen atoms in total. The van der Waals surface area contributed by atoms with Crippen molar-refractivity contribution in [2.75, 3.05) is 13.0 Å². The number of benzene rings is 2. The first-order valence-electron chi connectivity index (χ1n) is 10.6. The predicted octanol–water partition coefficient (Wildman–Crippen LogP) is 4.70. The molecule has 0 aliphatic rings. The number of fused-ring (bicyclic) bond motifs is 1. The Labute approximate surface area is 190 Å². The fraction of sp³-hybridized carbons (Fsp3) is 0.458. The molecule has 8 heteroatoms. The van der Waals surface area contributed by atoms with Gasteiger partial charge in [-0.15, -0.1) is 15.0 Å². The summed E-state index contributed by atoms with van der Waals surface area (Å²) in [6.07, 6.45) is 0.940. The van der Waals surface area contributed by atoms with Crippen molar-refractivity contribution in [3.8, 4) is 11.4 Å². The number of aromatic nitrogens is 3. The molecule has 2 N–H and O–H groups in total. The quantitative estimate of drug-likeness (QED) is 0.476. The number of carbonyl (C=O) groups is 1. The molecule has 0 saturated carbocycles. The predicted molar refractivity (Wildman–Crippen MR) is 128 cm³/mol. The zero-order chi connectivity index (χ0) is 23.7. The lowest BCUT2D eigenvalue weighted by molar-refractivity contribution is -0.138. The van der Waals surface area contributed by atoms with Gasteiger partial charge in [0.05, 0.1) is 6.35 Å². The van der Waals surface area contributed by atoms with Crippen LogP contribution in [0.4, 0.5) is 0 Å². The Balaban J connectivity index is 1.93. The molecule has 1 unspecified atom stereocenters. The van der Waals surface area contributed by atoms with E-state index in [-0.39, 0.29) is 29.7 Å². The van der Waals surface area contributed by atoms with Crippen molar-refractivity contribution >= 4 is 25.0 Å². The molecule has 0 aliphatic carbocycles. The van der Waals surface area contributed by atoms with Crippen LogP contribution in [0.15, 0.2) is 36.4 Å². The smallest absolute Gasteiger partial charge is 0.164 e. The normalized spacial score (nSPS) is 13.5. The van der Waals surface area contributed by atoms with Gasteiger partial charge in [0, 0.05) is 20.1 Å². The highest BCUT2D eigenvalue weighted by atomic mass is 31.1. The summed E-state index contributed by atoms with van der Waals surface area (Å²) >= 11 is 0. The number of phenols is 1. The Morgan fingerprint density at radius 3 is 2.22 bits per heavy atom. The van der Waals surface area contributed by atoms with Crippen molar-refractivity contribution in [1.82, 2.24) is 15.0 Å². The number of hydrogen-bond acceptors (Lipinski definition) is 6. The number of carbonyl (C=O) groups excluding carboxylic acids is 1. The molecule has 0 saturated heterocycles. The number of Topliss-reactive ketones (excluding diaryl/α,β-unsaturated/α-hetero) is 1. The van der Waals surface area contributed by atoms with Gasteiger partial charge in [0.15, 0.2) is 5.78 Å². The van der Waals surface area contributed by atoms with Crippen molar-refractivity contribution in [2.45, 2.75) is 58.5 Å². The van der Waals surface area contributed by atoms with Gasteiger partial charge in [0.2, 0.25) is 0 Å². The Bertz CT molecular complexity index is 1080. The molecule has 0 fully saturated rings. The Morgan fingerprint density at radius 1 is 1.09 bits per heavy atom. The third kappa shape index (κ3) is 5.52. The van der Waals surface area contributed by atoms with Gasteiger partial charge in [0.1, 0.15) is 28.1 Å². The van der Waals surface area contributed by atoms with Crippen LogP contribution in [-0.4, -0.2) is 49.4 Å². The van der Waals surface area contributed by atoms with Crippen LogP contribution >= 0.6 is 8.15 Å². The van der Waals surface area contributed by atoms with Crippen LogP contribution in [0.25, 0.3) is 16.7 Å². The van der Waals surface area contributed by atoms with E-state index in [0.717, 1.165) is 22.2 Å². The highest BCUT2D eigenvalue weighted by Crippen LogP contribution is 2.37. The maximum absolute atomic E-state index is 12.8. The zero-order valence-electron chi connectivity index (χ0n) is 19.6. The lowest BCUT2D eigenvalue weighted by Crippen LogP contribution is -2.35. The van der Waals surface area contributed by atoms with E-state index < -0.39 is 13.7 Å². The van der Waals surface area contributed by atoms with Crippen LogP contribution in [-0.2, 0) is 21.4 Å². The van der Waals surface area contributed by atoms with E-state index in [1.807, 2.05) is 57.2 Å². The van der Waals surface area contributed by atoms with Gasteiger partial charge >= 0.3 is 0 Å². The van der Waals surface area contributed by atoms with Crippen molar-refractivity contribution < 1.29 is 19.5 Å². The molecular formula is C24H32N3O4P. The third-order valence-corrected chi connectivity index (χ3v) is 5.89. The van der Waals surface area contributed by atoms with E-state index in [4.69, 9.17) is 4.74 Å². The minimum absolute atomic E-state index is 0.0377. The topological polar surface area (TPSA) is 97.5 Å². The summed E-state index contributed by atoms with van der Waals surface area (Å²) in [6, 6.07) is 11.3. The van der Waals surface area contributed by atoms with E-state index >= 15 is 0 Å². The van der Waals surface area contributed by atoms with Gasteiger partial charge in [-0.1, -0.05) is 39.0 Å². The summed E-state index contributed by atoms with van der Waals surface area (Å²) in [6.45, 7) is 11.2. The van der Waals surface area contributed by atoms with Crippen molar-refractivity contribution in [1.29, 1.82) is 0 Å². The minimum atomic E-state index is -1.22. The van der Waals surface area contributed by atoms with Crippen LogP contribution in [0.3, 0.4) is 0 Å². The maximum atomic E-state index is 12.8. The molecule has 1 atom stereocenters. The van der Waals surface area contributed by atoms with Crippen LogP contribution in [0.5, 0.6) is 5.75 Å². The highest BCUT2D eigenvalue weighted by molar-refractivity contribution is 7.50. The minimum Gasteiger partial charge on any atom is -0.505 e. The van der Waals surface area contributed by atoms with E-state index in [1.165, 1.54) is 4.80 Å². The fourth-order valence-electron chi connectivity index (χ4n) is 3.41. The summed E-state index contributed by atoms with van der Waals surface area (Å²) in [4.78, 5) is 23.8. The maximum Gasteiger partial charge on any atom is 0.164 e. The molecule has 0 amide bonds. The lowest BCUT2D eigenvalue weighted by atomic mass is 9.84. The van der Waals surface area contributed by atoms with Gasteiger partial charge in [-0.3, -0.25) is 4.79 Å². The number of ketones is 1. The lowest BCUT2D eigenvalue weighted by Gasteiger charge is -2.25. The second-order valence-electron chi connectivity index (χ2n) is 9.60. The molecule has 172 valence electrons. The fourth-order valence-corrected chi connectivity index (χ4v) is 3.92. The van der Waals surface area contributed by atoms with E-state index in [0.29, 0.717) is 12.1 Å². The Kier molecular flexibility index (Phi) is 7.03. The van der Waals surface area contributed by atoms with Crippen molar-refractivity contribution in [3.05, 3.63) is 47.5 Å². The number of rotatable bonds is 8. The molecule has 3 rings (SSSR count). The average molecular weight is 458 g/mol. The number of phenolic OH excluding ortho intramolecular Hbond substituents is 1.